The van der Waals surface area contributed by atoms with Crippen molar-refractivity contribution in [1.82, 2.24) is 9.97 Å². The topological polar surface area (TPSA) is 84.1 Å². The van der Waals surface area contributed by atoms with Crippen molar-refractivity contribution in [3.05, 3.63) is 11.9 Å². The predicted octanol–water partition coefficient (Wildman–Crippen LogP) is 2.75. The zero-order valence-electron chi connectivity index (χ0n) is 13.2. The largest absolute Gasteiger partial charge is 0.388 e. The van der Waals surface area contributed by atoms with E-state index < -0.39 is 5.60 Å². The molecule has 1 fully saturated rings. The van der Waals surface area contributed by atoms with Crippen molar-refractivity contribution in [3.8, 4) is 0 Å². The number of nitrogens with two attached hydrogens (primary N) is 1. The van der Waals surface area contributed by atoms with Gasteiger partial charge < -0.3 is 16.2 Å². The molecule has 0 bridgehead atoms. The molecule has 0 unspecified atom stereocenters. The SMILES string of the molecule is CCCc1nc(N)cc(NCC2(O)CCC(CC)CC2)n1. The quantitative estimate of drug-likeness (QED) is 0.751. The Morgan fingerprint density at radius 2 is 2.05 bits per heavy atom. The summed E-state index contributed by atoms with van der Waals surface area (Å²) in [5.74, 6) is 2.74. The van der Waals surface area contributed by atoms with Gasteiger partial charge in [-0.2, -0.15) is 0 Å². The molecule has 0 saturated heterocycles. The Morgan fingerprint density at radius 1 is 1.33 bits per heavy atom. The molecule has 1 aliphatic rings. The maximum atomic E-state index is 10.7. The van der Waals surface area contributed by atoms with Crippen LogP contribution in [-0.2, 0) is 6.42 Å². The monoisotopic (exact) mass is 292 g/mol. The van der Waals surface area contributed by atoms with Crippen LogP contribution < -0.4 is 11.1 Å². The summed E-state index contributed by atoms with van der Waals surface area (Å²) in [5, 5.41) is 13.9. The van der Waals surface area contributed by atoms with Gasteiger partial charge in [0.2, 0.25) is 0 Å². The van der Waals surface area contributed by atoms with Crippen molar-refractivity contribution in [2.24, 2.45) is 5.92 Å². The Kier molecular flexibility index (Phi) is 5.39. The molecule has 21 heavy (non-hydrogen) atoms. The lowest BCUT2D eigenvalue weighted by atomic mass is 9.78. The lowest BCUT2D eigenvalue weighted by Gasteiger charge is -2.36. The summed E-state index contributed by atoms with van der Waals surface area (Å²) < 4.78 is 0. The van der Waals surface area contributed by atoms with E-state index in [1.54, 1.807) is 6.07 Å². The van der Waals surface area contributed by atoms with Crippen LogP contribution in [-0.4, -0.2) is 27.2 Å². The maximum Gasteiger partial charge on any atom is 0.133 e. The van der Waals surface area contributed by atoms with Crippen molar-refractivity contribution >= 4 is 11.6 Å². The molecule has 0 atom stereocenters. The predicted molar refractivity (Wildman–Crippen MR) is 86.1 cm³/mol. The number of aryl methyl sites for hydroxylation is 1. The molecule has 1 aromatic heterocycles. The van der Waals surface area contributed by atoms with Crippen molar-refractivity contribution in [2.75, 3.05) is 17.6 Å². The zero-order chi connectivity index (χ0) is 15.3. The average Bonchev–Trinajstić information content (AvgIpc) is 2.46. The molecule has 0 aromatic carbocycles. The zero-order valence-corrected chi connectivity index (χ0v) is 13.2. The van der Waals surface area contributed by atoms with E-state index in [2.05, 4.69) is 29.1 Å². The molecule has 1 aliphatic carbocycles. The standard InChI is InChI=1S/C16H28N4O/c1-3-5-14-19-13(17)10-15(20-14)18-11-16(21)8-6-12(4-2)7-9-16/h10,12,21H,3-9,11H2,1-2H3,(H3,17,18,19,20). The van der Waals surface area contributed by atoms with Gasteiger partial charge in [0, 0.05) is 19.0 Å². The van der Waals surface area contributed by atoms with Crippen LogP contribution >= 0.6 is 0 Å². The van der Waals surface area contributed by atoms with Gasteiger partial charge in [-0.25, -0.2) is 9.97 Å². The van der Waals surface area contributed by atoms with Crippen molar-refractivity contribution in [1.29, 1.82) is 0 Å². The van der Waals surface area contributed by atoms with Crippen LogP contribution in [0.15, 0.2) is 6.07 Å². The first-order chi connectivity index (χ1) is 10.0. The number of aliphatic hydroxyl groups is 1. The van der Waals surface area contributed by atoms with E-state index in [-0.39, 0.29) is 0 Å². The van der Waals surface area contributed by atoms with E-state index >= 15 is 0 Å². The minimum Gasteiger partial charge on any atom is -0.388 e. The molecule has 5 nitrogen and oxygen atoms in total. The van der Waals surface area contributed by atoms with Crippen LogP contribution in [0.2, 0.25) is 0 Å². The molecule has 1 aromatic rings. The van der Waals surface area contributed by atoms with Gasteiger partial charge in [0.05, 0.1) is 5.60 Å². The number of hydrogen-bond acceptors (Lipinski definition) is 5. The second kappa shape index (κ2) is 7.07. The van der Waals surface area contributed by atoms with E-state index in [4.69, 9.17) is 5.73 Å². The van der Waals surface area contributed by atoms with Crippen LogP contribution in [0.5, 0.6) is 0 Å². The molecule has 0 spiro atoms. The normalized spacial score (nSPS) is 25.8. The molecule has 4 N–H and O–H groups in total. The molecule has 5 heteroatoms. The molecule has 1 heterocycles. The Labute approximate surface area is 127 Å². The highest BCUT2D eigenvalue weighted by Crippen LogP contribution is 2.33. The Balaban J connectivity index is 1.93. The Morgan fingerprint density at radius 3 is 2.67 bits per heavy atom. The van der Waals surface area contributed by atoms with Crippen LogP contribution in [0.3, 0.4) is 0 Å². The van der Waals surface area contributed by atoms with Crippen molar-refractivity contribution < 1.29 is 5.11 Å². The Bertz CT molecular complexity index is 456. The number of aromatic nitrogens is 2. The lowest BCUT2D eigenvalue weighted by Crippen LogP contribution is -2.40. The number of nitrogen functional groups attached to an aromatic ring is 1. The number of rotatable bonds is 6. The highest BCUT2D eigenvalue weighted by Gasteiger charge is 2.32. The third-order valence-electron chi connectivity index (χ3n) is 4.48. The summed E-state index contributed by atoms with van der Waals surface area (Å²) in [6.07, 6.45) is 6.98. The summed E-state index contributed by atoms with van der Waals surface area (Å²) in [7, 11) is 0. The fraction of sp³-hybridized carbons (Fsp3) is 0.750. The van der Waals surface area contributed by atoms with Gasteiger partial charge in [0.25, 0.3) is 0 Å². The third-order valence-corrected chi connectivity index (χ3v) is 4.48. The fourth-order valence-corrected chi connectivity index (χ4v) is 3.00. The number of anilines is 2. The highest BCUT2D eigenvalue weighted by atomic mass is 16.3. The van der Waals surface area contributed by atoms with Crippen LogP contribution in [0, 0.1) is 5.92 Å². The molecule has 0 amide bonds. The fourth-order valence-electron chi connectivity index (χ4n) is 3.00. The minimum absolute atomic E-state index is 0.484. The van der Waals surface area contributed by atoms with Gasteiger partial charge >= 0.3 is 0 Å². The van der Waals surface area contributed by atoms with Gasteiger partial charge in [-0.3, -0.25) is 0 Å². The van der Waals surface area contributed by atoms with Gasteiger partial charge in [0.15, 0.2) is 0 Å². The highest BCUT2D eigenvalue weighted by molar-refractivity contribution is 5.44. The van der Waals surface area contributed by atoms with Crippen LogP contribution in [0.1, 0.15) is 58.2 Å². The lowest BCUT2D eigenvalue weighted by molar-refractivity contribution is 0.00222. The molecule has 118 valence electrons. The molecule has 0 radical (unpaired) electrons. The molecule has 0 aliphatic heterocycles. The van der Waals surface area contributed by atoms with Crippen molar-refractivity contribution in [2.45, 2.75) is 64.4 Å². The molecule has 1 saturated carbocycles. The first-order valence-corrected chi connectivity index (χ1v) is 8.14. The average molecular weight is 292 g/mol. The van der Waals surface area contributed by atoms with E-state index in [9.17, 15) is 5.11 Å². The van der Waals surface area contributed by atoms with Gasteiger partial charge in [0.1, 0.15) is 17.5 Å². The molecular weight excluding hydrogens is 264 g/mol. The Hall–Kier alpha value is -1.36. The van der Waals surface area contributed by atoms with Crippen molar-refractivity contribution in [3.63, 3.8) is 0 Å². The van der Waals surface area contributed by atoms with E-state index in [1.807, 2.05) is 0 Å². The second-order valence-electron chi connectivity index (χ2n) is 6.27. The van der Waals surface area contributed by atoms with Crippen LogP contribution in [0.4, 0.5) is 11.6 Å². The minimum atomic E-state index is -0.615. The summed E-state index contributed by atoms with van der Waals surface area (Å²) >= 11 is 0. The van der Waals surface area contributed by atoms with E-state index in [0.29, 0.717) is 12.4 Å². The molecule has 2 rings (SSSR count). The summed E-state index contributed by atoms with van der Waals surface area (Å²) in [6.45, 7) is 4.85. The number of nitrogens with zero attached hydrogens (tertiary/aromatic N) is 2. The summed E-state index contributed by atoms with van der Waals surface area (Å²) in [5.41, 5.74) is 5.20. The first-order valence-electron chi connectivity index (χ1n) is 8.14. The van der Waals surface area contributed by atoms with E-state index in [0.717, 1.165) is 56.1 Å². The summed E-state index contributed by atoms with van der Waals surface area (Å²) in [6, 6.07) is 1.74. The smallest absolute Gasteiger partial charge is 0.133 e. The van der Waals surface area contributed by atoms with Gasteiger partial charge in [-0.05, 0) is 38.0 Å². The van der Waals surface area contributed by atoms with Crippen LogP contribution in [0.25, 0.3) is 0 Å². The maximum absolute atomic E-state index is 10.7. The number of nitrogens with one attached hydrogen (secondary N) is 1. The second-order valence-corrected chi connectivity index (χ2v) is 6.27. The van der Waals surface area contributed by atoms with E-state index in [1.165, 1.54) is 6.42 Å². The number of hydrogen-bond donors (Lipinski definition) is 3. The summed E-state index contributed by atoms with van der Waals surface area (Å²) in [4.78, 5) is 8.68. The van der Waals surface area contributed by atoms with Gasteiger partial charge in [-0.1, -0.05) is 20.3 Å². The third kappa shape index (κ3) is 4.56. The molecular formula is C16H28N4O. The first kappa shape index (κ1) is 16.0. The van der Waals surface area contributed by atoms with Gasteiger partial charge in [-0.15, -0.1) is 0 Å².